The molecule has 1 fully saturated rings. The number of carbonyl (C=O) groups excluding carboxylic acids is 1. The van der Waals surface area contributed by atoms with E-state index in [1.54, 1.807) is 0 Å². The molecule has 0 unspecified atom stereocenters. The largest absolute Gasteiger partial charge is 0.349 e. The molecule has 1 heterocycles. The zero-order valence-corrected chi connectivity index (χ0v) is 7.63. The molecule has 1 rings (SSSR count). The van der Waals surface area contributed by atoms with Crippen molar-refractivity contribution in [3.8, 4) is 0 Å². The van der Waals surface area contributed by atoms with Crippen molar-refractivity contribution in [3.05, 3.63) is 12.7 Å². The molecule has 1 saturated heterocycles. The van der Waals surface area contributed by atoms with Crippen molar-refractivity contribution in [2.24, 2.45) is 11.1 Å². The van der Waals surface area contributed by atoms with Gasteiger partial charge in [0.25, 0.3) is 0 Å². The van der Waals surface area contributed by atoms with Gasteiger partial charge in [-0.1, -0.05) is 19.9 Å². The van der Waals surface area contributed by atoms with Crippen LogP contribution in [0.4, 0.5) is 0 Å². The van der Waals surface area contributed by atoms with Crippen molar-refractivity contribution in [1.82, 2.24) is 5.32 Å². The Bertz CT molecular complexity index is 211. The second kappa shape index (κ2) is 2.90. The Hall–Kier alpha value is -0.830. The Morgan fingerprint density at radius 3 is 2.67 bits per heavy atom. The standard InChI is InChI=1S/C9H16N2O/c1-4-5-9(2,3)7-6(10)8(12)11-7/h4,6-7H,1,5,10H2,2-3H3,(H,11,12)/t6-,7-/m1/s1. The lowest BCUT2D eigenvalue weighted by molar-refractivity contribution is -0.133. The van der Waals surface area contributed by atoms with E-state index in [1.807, 2.05) is 6.08 Å². The van der Waals surface area contributed by atoms with Crippen LogP contribution in [0, 0.1) is 5.41 Å². The summed E-state index contributed by atoms with van der Waals surface area (Å²) in [4.78, 5) is 10.8. The van der Waals surface area contributed by atoms with Gasteiger partial charge in [-0.05, 0) is 11.8 Å². The van der Waals surface area contributed by atoms with Gasteiger partial charge >= 0.3 is 0 Å². The third-order valence-electron chi connectivity index (χ3n) is 2.47. The summed E-state index contributed by atoms with van der Waals surface area (Å²) in [6.45, 7) is 7.84. The fourth-order valence-corrected chi connectivity index (χ4v) is 1.57. The number of allylic oxidation sites excluding steroid dienone is 1. The zero-order chi connectivity index (χ0) is 9.35. The first kappa shape index (κ1) is 9.26. The number of rotatable bonds is 3. The van der Waals surface area contributed by atoms with Gasteiger partial charge in [-0.2, -0.15) is 0 Å². The lowest BCUT2D eigenvalue weighted by Crippen LogP contribution is -2.71. The second-order valence-corrected chi connectivity index (χ2v) is 3.99. The maximum atomic E-state index is 10.8. The number of carbonyl (C=O) groups is 1. The van der Waals surface area contributed by atoms with Crippen LogP contribution >= 0.6 is 0 Å². The van der Waals surface area contributed by atoms with Crippen LogP contribution in [0.2, 0.25) is 0 Å². The summed E-state index contributed by atoms with van der Waals surface area (Å²) in [6, 6.07) is -0.233. The van der Waals surface area contributed by atoms with Crippen LogP contribution in [0.3, 0.4) is 0 Å². The van der Waals surface area contributed by atoms with E-state index in [2.05, 4.69) is 25.7 Å². The van der Waals surface area contributed by atoms with E-state index >= 15 is 0 Å². The summed E-state index contributed by atoms with van der Waals surface area (Å²) < 4.78 is 0. The van der Waals surface area contributed by atoms with Crippen molar-refractivity contribution >= 4 is 5.91 Å². The summed E-state index contributed by atoms with van der Waals surface area (Å²) in [7, 11) is 0. The number of nitrogens with two attached hydrogens (primary N) is 1. The molecule has 1 amide bonds. The predicted octanol–water partition coefficient (Wildman–Crippen LogP) is 0.414. The minimum atomic E-state index is -0.333. The molecule has 1 aliphatic heterocycles. The van der Waals surface area contributed by atoms with Crippen molar-refractivity contribution in [2.75, 3.05) is 0 Å². The smallest absolute Gasteiger partial charge is 0.239 e. The summed E-state index contributed by atoms with van der Waals surface area (Å²) in [5, 5.41) is 2.81. The van der Waals surface area contributed by atoms with Crippen LogP contribution < -0.4 is 11.1 Å². The van der Waals surface area contributed by atoms with Gasteiger partial charge in [0, 0.05) is 0 Å². The van der Waals surface area contributed by atoms with Crippen molar-refractivity contribution < 1.29 is 4.79 Å². The van der Waals surface area contributed by atoms with Gasteiger partial charge in [0.05, 0.1) is 6.04 Å². The van der Waals surface area contributed by atoms with Crippen molar-refractivity contribution in [3.63, 3.8) is 0 Å². The number of hydrogen-bond acceptors (Lipinski definition) is 2. The lowest BCUT2D eigenvalue weighted by atomic mass is 9.74. The van der Waals surface area contributed by atoms with Gasteiger partial charge in [-0.15, -0.1) is 6.58 Å². The molecule has 0 spiro atoms. The number of nitrogens with one attached hydrogen (secondary N) is 1. The highest BCUT2D eigenvalue weighted by molar-refractivity contribution is 5.89. The van der Waals surface area contributed by atoms with E-state index in [-0.39, 0.29) is 23.4 Å². The van der Waals surface area contributed by atoms with E-state index in [4.69, 9.17) is 5.73 Å². The first-order chi connectivity index (χ1) is 5.49. The Morgan fingerprint density at radius 1 is 1.75 bits per heavy atom. The molecule has 0 aromatic rings. The highest BCUT2D eigenvalue weighted by Gasteiger charge is 2.44. The predicted molar refractivity (Wildman–Crippen MR) is 48.5 cm³/mol. The normalized spacial score (nSPS) is 29.1. The van der Waals surface area contributed by atoms with Crippen LogP contribution in [0.5, 0.6) is 0 Å². The average Bonchev–Trinajstić information content (AvgIpc) is 1.99. The average molecular weight is 168 g/mol. The second-order valence-electron chi connectivity index (χ2n) is 3.99. The quantitative estimate of drug-likeness (QED) is 0.474. The molecule has 12 heavy (non-hydrogen) atoms. The molecule has 3 N–H and O–H groups in total. The van der Waals surface area contributed by atoms with Gasteiger partial charge < -0.3 is 11.1 Å². The minimum Gasteiger partial charge on any atom is -0.349 e. The molecule has 0 saturated carbocycles. The summed E-state index contributed by atoms with van der Waals surface area (Å²) in [5.41, 5.74) is 5.66. The van der Waals surface area contributed by atoms with Crippen molar-refractivity contribution in [2.45, 2.75) is 32.4 Å². The SMILES string of the molecule is C=CCC(C)(C)[C@@H]1NC(=O)[C@@H]1N. The molecule has 0 aromatic heterocycles. The van der Waals surface area contributed by atoms with E-state index < -0.39 is 0 Å². The van der Waals surface area contributed by atoms with Gasteiger partial charge in [0.2, 0.25) is 5.91 Å². The highest BCUT2D eigenvalue weighted by Crippen LogP contribution is 2.30. The third kappa shape index (κ3) is 1.37. The highest BCUT2D eigenvalue weighted by atomic mass is 16.2. The number of β-lactam (4-membered cyclic amide) rings is 1. The molecular weight excluding hydrogens is 152 g/mol. The Balaban J connectivity index is 2.58. The van der Waals surface area contributed by atoms with Gasteiger partial charge in [-0.25, -0.2) is 0 Å². The topological polar surface area (TPSA) is 55.1 Å². The Morgan fingerprint density at radius 2 is 2.33 bits per heavy atom. The van der Waals surface area contributed by atoms with E-state index in [1.165, 1.54) is 0 Å². The van der Waals surface area contributed by atoms with Crippen LogP contribution in [0.15, 0.2) is 12.7 Å². The molecule has 0 radical (unpaired) electrons. The monoisotopic (exact) mass is 168 g/mol. The summed E-state index contributed by atoms with van der Waals surface area (Å²) >= 11 is 0. The van der Waals surface area contributed by atoms with E-state index in [9.17, 15) is 4.79 Å². The fraction of sp³-hybridized carbons (Fsp3) is 0.667. The first-order valence-electron chi connectivity index (χ1n) is 4.16. The van der Waals surface area contributed by atoms with Crippen molar-refractivity contribution in [1.29, 1.82) is 0 Å². The Kier molecular flexibility index (Phi) is 2.24. The fourth-order valence-electron chi connectivity index (χ4n) is 1.57. The summed E-state index contributed by atoms with van der Waals surface area (Å²) in [6.07, 6.45) is 2.73. The molecule has 3 heteroatoms. The number of hydrogen-bond donors (Lipinski definition) is 2. The maximum Gasteiger partial charge on any atom is 0.239 e. The zero-order valence-electron chi connectivity index (χ0n) is 7.63. The summed E-state index contributed by atoms with van der Waals surface area (Å²) in [5.74, 6) is -0.0443. The Labute approximate surface area is 73.0 Å². The molecular formula is C9H16N2O. The van der Waals surface area contributed by atoms with Crippen LogP contribution in [-0.4, -0.2) is 18.0 Å². The van der Waals surface area contributed by atoms with Crippen LogP contribution in [0.1, 0.15) is 20.3 Å². The molecule has 0 aromatic carbocycles. The van der Waals surface area contributed by atoms with Gasteiger partial charge in [0.15, 0.2) is 0 Å². The number of amides is 1. The molecule has 0 aliphatic carbocycles. The molecule has 1 aliphatic rings. The minimum absolute atomic E-state index is 0.0229. The van der Waals surface area contributed by atoms with Crippen LogP contribution in [-0.2, 0) is 4.79 Å². The molecule has 0 bridgehead atoms. The molecule has 68 valence electrons. The van der Waals surface area contributed by atoms with Gasteiger partial charge in [-0.3, -0.25) is 4.79 Å². The lowest BCUT2D eigenvalue weighted by Gasteiger charge is -2.44. The van der Waals surface area contributed by atoms with E-state index in [0.29, 0.717) is 0 Å². The molecule has 3 nitrogen and oxygen atoms in total. The van der Waals surface area contributed by atoms with Crippen LogP contribution in [0.25, 0.3) is 0 Å². The third-order valence-corrected chi connectivity index (χ3v) is 2.47. The molecule has 2 atom stereocenters. The van der Waals surface area contributed by atoms with Gasteiger partial charge in [0.1, 0.15) is 6.04 Å². The maximum absolute atomic E-state index is 10.8. The first-order valence-corrected chi connectivity index (χ1v) is 4.16. The van der Waals surface area contributed by atoms with E-state index in [0.717, 1.165) is 6.42 Å².